The molecule has 168 valence electrons. The lowest BCUT2D eigenvalue weighted by molar-refractivity contribution is -0.122. The van der Waals surface area contributed by atoms with Crippen LogP contribution in [0.3, 0.4) is 0 Å². The summed E-state index contributed by atoms with van der Waals surface area (Å²) in [6.07, 6.45) is 0.143. The minimum atomic E-state index is -0.483. The molecule has 1 aliphatic rings. The van der Waals surface area contributed by atoms with E-state index in [0.29, 0.717) is 24.3 Å². The van der Waals surface area contributed by atoms with Crippen LogP contribution >= 0.6 is 0 Å². The topological polar surface area (TPSA) is 69.7 Å². The van der Waals surface area contributed by atoms with Crippen molar-refractivity contribution < 1.29 is 14.4 Å². The molecule has 3 aromatic rings. The molecule has 0 aromatic heterocycles. The Hall–Kier alpha value is -3.93. The van der Waals surface area contributed by atoms with Crippen LogP contribution in [0.2, 0.25) is 0 Å². The van der Waals surface area contributed by atoms with Crippen molar-refractivity contribution in [3.8, 4) is 0 Å². The van der Waals surface area contributed by atoms with Crippen molar-refractivity contribution in [1.29, 1.82) is 0 Å². The third-order valence-corrected chi connectivity index (χ3v) is 5.83. The number of nitrogens with one attached hydrogen (secondary N) is 1. The summed E-state index contributed by atoms with van der Waals surface area (Å²) in [5, 5.41) is 2.89. The first-order valence-corrected chi connectivity index (χ1v) is 11.0. The van der Waals surface area contributed by atoms with Gasteiger partial charge in [-0.05, 0) is 42.3 Å². The van der Waals surface area contributed by atoms with Crippen molar-refractivity contribution in [3.63, 3.8) is 0 Å². The van der Waals surface area contributed by atoms with Gasteiger partial charge in [-0.25, -0.2) is 0 Å². The number of hydrogen-bond donors (Lipinski definition) is 1. The maximum absolute atomic E-state index is 13.1. The number of hydrogen-bond acceptors (Lipinski definition) is 3. The van der Waals surface area contributed by atoms with Crippen molar-refractivity contribution in [2.24, 2.45) is 5.92 Å². The van der Waals surface area contributed by atoms with E-state index in [2.05, 4.69) is 5.32 Å². The van der Waals surface area contributed by atoms with Gasteiger partial charge in [0.05, 0.1) is 17.2 Å². The molecular weight excluding hydrogens is 414 g/mol. The zero-order chi connectivity index (χ0) is 23.4. The number of rotatable bonds is 6. The van der Waals surface area contributed by atoms with Gasteiger partial charge in [-0.2, -0.15) is 0 Å². The van der Waals surface area contributed by atoms with E-state index < -0.39 is 5.92 Å². The van der Waals surface area contributed by atoms with Gasteiger partial charge < -0.3 is 15.1 Å². The Morgan fingerprint density at radius 2 is 1.73 bits per heavy atom. The Kier molecular flexibility index (Phi) is 6.54. The number of benzene rings is 3. The van der Waals surface area contributed by atoms with Crippen molar-refractivity contribution in [1.82, 2.24) is 4.90 Å². The molecule has 1 unspecified atom stereocenters. The lowest BCUT2D eigenvalue weighted by Crippen LogP contribution is -2.30. The van der Waals surface area contributed by atoms with E-state index >= 15 is 0 Å². The van der Waals surface area contributed by atoms with Crippen LogP contribution < -0.4 is 10.2 Å². The summed E-state index contributed by atoms with van der Waals surface area (Å²) in [6.45, 7) is 2.75. The van der Waals surface area contributed by atoms with Crippen LogP contribution in [-0.2, 0) is 16.1 Å². The maximum Gasteiger partial charge on any atom is 0.256 e. The number of nitrogens with zero attached hydrogens (tertiary/aromatic N) is 2. The van der Waals surface area contributed by atoms with Crippen molar-refractivity contribution in [2.45, 2.75) is 19.9 Å². The minimum absolute atomic E-state index is 0.0762. The number of anilines is 2. The molecule has 0 bridgehead atoms. The lowest BCUT2D eigenvalue weighted by atomic mass is 10.1. The van der Waals surface area contributed by atoms with E-state index in [-0.39, 0.29) is 24.1 Å². The van der Waals surface area contributed by atoms with Gasteiger partial charge in [0.15, 0.2) is 0 Å². The number of amides is 3. The minimum Gasteiger partial charge on any atom is -0.337 e. The Morgan fingerprint density at radius 1 is 1.00 bits per heavy atom. The fourth-order valence-electron chi connectivity index (χ4n) is 4.08. The van der Waals surface area contributed by atoms with Gasteiger partial charge in [0, 0.05) is 32.2 Å². The Morgan fingerprint density at radius 3 is 2.48 bits per heavy atom. The smallest absolute Gasteiger partial charge is 0.256 e. The molecule has 0 radical (unpaired) electrons. The Labute approximate surface area is 193 Å². The van der Waals surface area contributed by atoms with Crippen LogP contribution in [-0.4, -0.2) is 36.2 Å². The molecule has 6 heteroatoms. The van der Waals surface area contributed by atoms with Gasteiger partial charge >= 0.3 is 0 Å². The SMILES string of the molecule is Cc1cccc(N2CC(C(=O)Nc3ccccc3C(=O)N(C)Cc3ccccc3)CC2=O)c1. The fraction of sp³-hybridized carbons (Fsp3) is 0.222. The molecule has 0 saturated carbocycles. The monoisotopic (exact) mass is 441 g/mol. The second-order valence-corrected chi connectivity index (χ2v) is 8.43. The van der Waals surface area contributed by atoms with Gasteiger partial charge in [0.1, 0.15) is 0 Å². The molecule has 1 atom stereocenters. The average Bonchev–Trinajstić information content (AvgIpc) is 3.21. The zero-order valence-corrected chi connectivity index (χ0v) is 18.8. The predicted molar refractivity (Wildman–Crippen MR) is 129 cm³/mol. The zero-order valence-electron chi connectivity index (χ0n) is 18.8. The molecule has 1 heterocycles. The molecule has 1 aliphatic heterocycles. The second kappa shape index (κ2) is 9.69. The molecule has 0 aliphatic carbocycles. The average molecular weight is 442 g/mol. The molecule has 6 nitrogen and oxygen atoms in total. The summed E-state index contributed by atoms with van der Waals surface area (Å²) in [6, 6.07) is 24.4. The summed E-state index contributed by atoms with van der Waals surface area (Å²) in [4.78, 5) is 42.0. The maximum atomic E-state index is 13.1. The molecule has 1 fully saturated rings. The Balaban J connectivity index is 1.46. The van der Waals surface area contributed by atoms with Crippen LogP contribution in [0, 0.1) is 12.8 Å². The van der Waals surface area contributed by atoms with E-state index in [1.807, 2.05) is 61.5 Å². The first kappa shape index (κ1) is 22.3. The van der Waals surface area contributed by atoms with Crippen LogP contribution in [0.15, 0.2) is 78.9 Å². The molecule has 3 amide bonds. The molecule has 1 saturated heterocycles. The number of carbonyl (C=O) groups excluding carboxylic acids is 3. The summed E-state index contributed by atoms with van der Waals surface area (Å²) in [5.41, 5.74) is 3.75. The van der Waals surface area contributed by atoms with Crippen molar-refractivity contribution in [3.05, 3.63) is 95.6 Å². The third kappa shape index (κ3) is 5.12. The van der Waals surface area contributed by atoms with E-state index in [9.17, 15) is 14.4 Å². The molecule has 3 aromatic carbocycles. The normalized spacial score (nSPS) is 15.4. The summed E-state index contributed by atoms with van der Waals surface area (Å²) >= 11 is 0. The van der Waals surface area contributed by atoms with Crippen molar-refractivity contribution >= 4 is 29.1 Å². The molecular formula is C27H27N3O3. The van der Waals surface area contributed by atoms with Crippen molar-refractivity contribution in [2.75, 3.05) is 23.8 Å². The summed E-state index contributed by atoms with van der Waals surface area (Å²) in [7, 11) is 1.74. The number of para-hydroxylation sites is 1. The predicted octanol–water partition coefficient (Wildman–Crippen LogP) is 4.26. The van der Waals surface area contributed by atoms with Gasteiger partial charge in [0.2, 0.25) is 11.8 Å². The largest absolute Gasteiger partial charge is 0.337 e. The first-order chi connectivity index (χ1) is 15.9. The highest BCUT2D eigenvalue weighted by Crippen LogP contribution is 2.27. The van der Waals surface area contributed by atoms with Gasteiger partial charge in [0.25, 0.3) is 5.91 Å². The molecule has 0 spiro atoms. The highest BCUT2D eigenvalue weighted by atomic mass is 16.2. The number of carbonyl (C=O) groups is 3. The van der Waals surface area contributed by atoms with E-state index in [1.165, 1.54) is 0 Å². The molecule has 1 N–H and O–H groups in total. The lowest BCUT2D eigenvalue weighted by Gasteiger charge is -2.20. The first-order valence-electron chi connectivity index (χ1n) is 11.0. The van der Waals surface area contributed by atoms with E-state index in [1.54, 1.807) is 41.1 Å². The fourth-order valence-corrected chi connectivity index (χ4v) is 4.08. The van der Waals surface area contributed by atoms with Crippen LogP contribution in [0.25, 0.3) is 0 Å². The highest BCUT2D eigenvalue weighted by Gasteiger charge is 2.35. The number of aryl methyl sites for hydroxylation is 1. The summed E-state index contributed by atoms with van der Waals surface area (Å²) < 4.78 is 0. The standard InChI is InChI=1S/C27H27N3O3/c1-19-9-8-12-22(15-19)30-18-21(16-25(30)31)26(32)28-24-14-7-6-13-23(24)27(33)29(2)17-20-10-4-3-5-11-20/h3-15,21H,16-18H2,1-2H3,(H,28,32). The van der Waals surface area contributed by atoms with Gasteiger partial charge in [-0.15, -0.1) is 0 Å². The highest BCUT2D eigenvalue weighted by molar-refractivity contribution is 6.07. The summed E-state index contributed by atoms with van der Waals surface area (Å²) in [5.74, 6) is -1.00. The van der Waals surface area contributed by atoms with Gasteiger partial charge in [-0.1, -0.05) is 54.6 Å². The van der Waals surface area contributed by atoms with Gasteiger partial charge in [-0.3, -0.25) is 14.4 Å². The van der Waals surface area contributed by atoms with Crippen LogP contribution in [0.4, 0.5) is 11.4 Å². The quantitative estimate of drug-likeness (QED) is 0.621. The molecule has 4 rings (SSSR count). The van der Waals surface area contributed by atoms with Crippen LogP contribution in [0.5, 0.6) is 0 Å². The molecule has 33 heavy (non-hydrogen) atoms. The third-order valence-electron chi connectivity index (χ3n) is 5.83. The second-order valence-electron chi connectivity index (χ2n) is 8.43. The Bertz CT molecular complexity index is 1180. The van der Waals surface area contributed by atoms with E-state index in [0.717, 1.165) is 16.8 Å². The van der Waals surface area contributed by atoms with E-state index in [4.69, 9.17) is 0 Å². The van der Waals surface area contributed by atoms with Crippen LogP contribution in [0.1, 0.15) is 27.9 Å².